The number of halogens is 3. The van der Waals surface area contributed by atoms with Crippen molar-refractivity contribution in [2.24, 2.45) is 5.73 Å². The molecule has 114 valence electrons. The molecule has 0 heterocycles. The summed E-state index contributed by atoms with van der Waals surface area (Å²) in [6.07, 6.45) is -5.45. The van der Waals surface area contributed by atoms with Crippen LogP contribution in [0, 0.1) is 0 Å². The molecule has 1 aromatic rings. The number of benzene rings is 1. The molecule has 0 aliphatic rings. The highest BCUT2D eigenvalue weighted by molar-refractivity contribution is 5.31. The minimum atomic E-state index is -4.49. The van der Waals surface area contributed by atoms with Gasteiger partial charge in [0.2, 0.25) is 6.10 Å². The van der Waals surface area contributed by atoms with E-state index < -0.39 is 18.3 Å². The summed E-state index contributed by atoms with van der Waals surface area (Å²) in [4.78, 5) is 0. The maximum absolute atomic E-state index is 12.9. The lowest BCUT2D eigenvalue weighted by Crippen LogP contribution is -2.48. The molecule has 0 bridgehead atoms. The van der Waals surface area contributed by atoms with Crippen molar-refractivity contribution in [2.75, 3.05) is 6.61 Å². The van der Waals surface area contributed by atoms with E-state index in [2.05, 4.69) is 0 Å². The standard InChI is InChI=1S/C14H20F3NO2/c1-3-9-19-10-5-7-11(8-6-10)20-13(12(18)4-2)14(15,16)17/h5-8,12-13H,3-4,9,18H2,1-2H3. The largest absolute Gasteiger partial charge is 0.494 e. The van der Waals surface area contributed by atoms with Crippen molar-refractivity contribution in [2.45, 2.75) is 45.0 Å². The molecule has 3 nitrogen and oxygen atoms in total. The monoisotopic (exact) mass is 291 g/mol. The highest BCUT2D eigenvalue weighted by Crippen LogP contribution is 2.28. The van der Waals surface area contributed by atoms with Gasteiger partial charge in [-0.3, -0.25) is 0 Å². The third-order valence-corrected chi connectivity index (χ3v) is 2.74. The van der Waals surface area contributed by atoms with Gasteiger partial charge < -0.3 is 15.2 Å². The Labute approximate surface area is 116 Å². The third kappa shape index (κ3) is 4.92. The van der Waals surface area contributed by atoms with Crippen molar-refractivity contribution in [3.8, 4) is 11.5 Å². The normalized spacial score (nSPS) is 14.7. The van der Waals surface area contributed by atoms with Crippen LogP contribution in [-0.4, -0.2) is 24.9 Å². The summed E-state index contributed by atoms with van der Waals surface area (Å²) in [6.45, 7) is 4.12. The van der Waals surface area contributed by atoms with E-state index in [1.165, 1.54) is 12.1 Å². The molecule has 0 saturated carbocycles. The van der Waals surface area contributed by atoms with Crippen molar-refractivity contribution in [1.29, 1.82) is 0 Å². The van der Waals surface area contributed by atoms with Crippen LogP contribution in [-0.2, 0) is 0 Å². The number of hydrogen-bond acceptors (Lipinski definition) is 3. The molecule has 0 saturated heterocycles. The molecule has 0 aliphatic carbocycles. The fourth-order valence-electron chi connectivity index (χ4n) is 1.59. The quantitative estimate of drug-likeness (QED) is 0.836. The summed E-state index contributed by atoms with van der Waals surface area (Å²) >= 11 is 0. The predicted molar refractivity (Wildman–Crippen MR) is 71.0 cm³/mol. The molecule has 0 radical (unpaired) electrons. The van der Waals surface area contributed by atoms with Crippen LogP contribution < -0.4 is 15.2 Å². The lowest BCUT2D eigenvalue weighted by atomic mass is 10.1. The average Bonchev–Trinajstić information content (AvgIpc) is 2.41. The maximum Gasteiger partial charge on any atom is 0.426 e. The molecule has 2 atom stereocenters. The number of alkyl halides is 3. The van der Waals surface area contributed by atoms with E-state index in [0.717, 1.165) is 6.42 Å². The average molecular weight is 291 g/mol. The van der Waals surface area contributed by atoms with Crippen LogP contribution in [0.2, 0.25) is 0 Å². The Bertz CT molecular complexity index is 392. The lowest BCUT2D eigenvalue weighted by molar-refractivity contribution is -0.200. The van der Waals surface area contributed by atoms with Crippen LogP contribution in [0.15, 0.2) is 24.3 Å². The van der Waals surface area contributed by atoms with Gasteiger partial charge in [-0.1, -0.05) is 13.8 Å². The van der Waals surface area contributed by atoms with Gasteiger partial charge in [0.25, 0.3) is 0 Å². The van der Waals surface area contributed by atoms with Crippen molar-refractivity contribution < 1.29 is 22.6 Å². The molecular weight excluding hydrogens is 271 g/mol. The fourth-order valence-corrected chi connectivity index (χ4v) is 1.59. The Morgan fingerprint density at radius 3 is 2.10 bits per heavy atom. The van der Waals surface area contributed by atoms with Gasteiger partial charge in [0.15, 0.2) is 0 Å². The zero-order valence-electron chi connectivity index (χ0n) is 11.6. The molecule has 6 heteroatoms. The van der Waals surface area contributed by atoms with Crippen LogP contribution in [0.4, 0.5) is 13.2 Å². The Hall–Kier alpha value is -1.43. The van der Waals surface area contributed by atoms with E-state index in [1.807, 2.05) is 6.92 Å². The van der Waals surface area contributed by atoms with Crippen LogP contribution in [0.1, 0.15) is 26.7 Å². The zero-order chi connectivity index (χ0) is 15.2. The van der Waals surface area contributed by atoms with Gasteiger partial charge in [0.05, 0.1) is 12.6 Å². The van der Waals surface area contributed by atoms with Gasteiger partial charge in [0, 0.05) is 0 Å². The first kappa shape index (κ1) is 16.6. The second-order valence-corrected chi connectivity index (χ2v) is 4.47. The first-order valence-corrected chi connectivity index (χ1v) is 6.60. The molecular formula is C14H20F3NO2. The SMILES string of the molecule is CCCOc1ccc(OC(C(N)CC)C(F)(F)F)cc1. The molecule has 2 unspecified atom stereocenters. The smallest absolute Gasteiger partial charge is 0.426 e. The van der Waals surface area contributed by atoms with Gasteiger partial charge in [0.1, 0.15) is 11.5 Å². The molecule has 20 heavy (non-hydrogen) atoms. The Morgan fingerprint density at radius 2 is 1.65 bits per heavy atom. The second kappa shape index (κ2) is 7.38. The van der Waals surface area contributed by atoms with Crippen molar-refractivity contribution in [3.05, 3.63) is 24.3 Å². The molecule has 1 rings (SSSR count). The summed E-state index contributed by atoms with van der Waals surface area (Å²) in [5.41, 5.74) is 5.48. The van der Waals surface area contributed by atoms with E-state index in [1.54, 1.807) is 19.1 Å². The fraction of sp³-hybridized carbons (Fsp3) is 0.571. The van der Waals surface area contributed by atoms with Crippen molar-refractivity contribution >= 4 is 0 Å². The van der Waals surface area contributed by atoms with Gasteiger partial charge in [-0.05, 0) is 37.1 Å². The number of rotatable bonds is 7. The van der Waals surface area contributed by atoms with Crippen LogP contribution in [0.3, 0.4) is 0 Å². The Morgan fingerprint density at radius 1 is 1.10 bits per heavy atom. The van der Waals surface area contributed by atoms with E-state index in [-0.39, 0.29) is 12.2 Å². The van der Waals surface area contributed by atoms with Gasteiger partial charge in [-0.15, -0.1) is 0 Å². The molecule has 0 amide bonds. The van der Waals surface area contributed by atoms with E-state index in [9.17, 15) is 13.2 Å². The Kier molecular flexibility index (Phi) is 6.13. The molecule has 2 N–H and O–H groups in total. The minimum Gasteiger partial charge on any atom is -0.494 e. The molecule has 0 spiro atoms. The van der Waals surface area contributed by atoms with Crippen molar-refractivity contribution in [3.63, 3.8) is 0 Å². The van der Waals surface area contributed by atoms with Crippen LogP contribution in [0.25, 0.3) is 0 Å². The van der Waals surface area contributed by atoms with Gasteiger partial charge in [-0.25, -0.2) is 0 Å². The summed E-state index contributed by atoms with van der Waals surface area (Å²) in [6, 6.07) is 4.97. The van der Waals surface area contributed by atoms with Crippen LogP contribution in [0.5, 0.6) is 11.5 Å². The minimum absolute atomic E-state index is 0.125. The van der Waals surface area contributed by atoms with Gasteiger partial charge >= 0.3 is 6.18 Å². The van der Waals surface area contributed by atoms with E-state index >= 15 is 0 Å². The summed E-state index contributed by atoms with van der Waals surface area (Å²) in [5.74, 6) is 0.725. The maximum atomic E-state index is 12.9. The molecule has 0 aliphatic heterocycles. The Balaban J connectivity index is 2.74. The summed E-state index contributed by atoms with van der Waals surface area (Å²) in [5, 5.41) is 0. The summed E-state index contributed by atoms with van der Waals surface area (Å²) in [7, 11) is 0. The predicted octanol–water partition coefficient (Wildman–Crippen LogP) is 3.52. The van der Waals surface area contributed by atoms with E-state index in [4.69, 9.17) is 15.2 Å². The lowest BCUT2D eigenvalue weighted by Gasteiger charge is -2.26. The second-order valence-electron chi connectivity index (χ2n) is 4.47. The first-order chi connectivity index (χ1) is 9.38. The molecule has 0 fully saturated rings. The molecule has 1 aromatic carbocycles. The van der Waals surface area contributed by atoms with Crippen molar-refractivity contribution in [1.82, 2.24) is 0 Å². The highest BCUT2D eigenvalue weighted by Gasteiger charge is 2.45. The van der Waals surface area contributed by atoms with Crippen LogP contribution >= 0.6 is 0 Å². The first-order valence-electron chi connectivity index (χ1n) is 6.60. The van der Waals surface area contributed by atoms with Gasteiger partial charge in [-0.2, -0.15) is 13.2 Å². The number of ether oxygens (including phenoxy) is 2. The third-order valence-electron chi connectivity index (χ3n) is 2.74. The number of hydrogen-bond donors (Lipinski definition) is 1. The summed E-state index contributed by atoms with van der Waals surface area (Å²) < 4.78 is 48.9. The highest BCUT2D eigenvalue weighted by atomic mass is 19.4. The number of nitrogens with two attached hydrogens (primary N) is 1. The topological polar surface area (TPSA) is 44.5 Å². The zero-order valence-corrected chi connectivity index (χ0v) is 11.6. The van der Waals surface area contributed by atoms with E-state index in [0.29, 0.717) is 12.4 Å². The molecule has 0 aromatic heterocycles.